The van der Waals surface area contributed by atoms with Crippen LogP contribution in [0.3, 0.4) is 0 Å². The number of rotatable bonds is 4. The number of esters is 1. The number of aromatic nitrogens is 2. The van der Waals surface area contributed by atoms with Crippen LogP contribution in [0.15, 0.2) is 41.2 Å². The van der Waals surface area contributed by atoms with Gasteiger partial charge in [-0.2, -0.15) is 0 Å². The molecule has 0 amide bonds. The van der Waals surface area contributed by atoms with E-state index in [4.69, 9.17) is 14.2 Å². The van der Waals surface area contributed by atoms with Crippen molar-refractivity contribution in [3.8, 4) is 11.5 Å². The van der Waals surface area contributed by atoms with Gasteiger partial charge in [0.1, 0.15) is 18.8 Å². The van der Waals surface area contributed by atoms with E-state index in [1.807, 2.05) is 0 Å². The van der Waals surface area contributed by atoms with Crippen LogP contribution in [0, 0.1) is 10.1 Å². The number of para-hydroxylation sites is 1. The minimum atomic E-state index is -0.951. The van der Waals surface area contributed by atoms with Gasteiger partial charge in [0.15, 0.2) is 23.4 Å². The Morgan fingerprint density at radius 1 is 1.24 bits per heavy atom. The first-order valence-corrected chi connectivity index (χ1v) is 8.72. The van der Waals surface area contributed by atoms with E-state index in [0.29, 0.717) is 10.9 Å². The highest BCUT2D eigenvalue weighted by molar-refractivity contribution is 5.95. The molecule has 0 saturated heterocycles. The number of nitro benzene ring substituents is 1. The molecule has 1 aromatic heterocycles. The summed E-state index contributed by atoms with van der Waals surface area (Å²) < 4.78 is 16.0. The van der Waals surface area contributed by atoms with Crippen molar-refractivity contribution in [3.05, 3.63) is 68.3 Å². The molecule has 0 aliphatic carbocycles. The van der Waals surface area contributed by atoms with Gasteiger partial charge in [0.05, 0.1) is 21.9 Å². The molecule has 1 atom stereocenters. The third-order valence-electron chi connectivity index (χ3n) is 4.38. The van der Waals surface area contributed by atoms with Gasteiger partial charge < -0.3 is 19.2 Å². The highest BCUT2D eigenvalue weighted by Gasteiger charge is 2.29. The Hall–Kier alpha value is -3.95. The van der Waals surface area contributed by atoms with Crippen LogP contribution in [0.2, 0.25) is 0 Å². The molecule has 0 saturated carbocycles. The van der Waals surface area contributed by atoms with Crippen molar-refractivity contribution in [2.24, 2.45) is 0 Å². The topological polar surface area (TPSA) is 134 Å². The summed E-state index contributed by atoms with van der Waals surface area (Å²) in [6, 6.07) is 9.08. The van der Waals surface area contributed by atoms with E-state index >= 15 is 0 Å². The predicted molar refractivity (Wildman–Crippen MR) is 100 cm³/mol. The first-order valence-electron chi connectivity index (χ1n) is 8.72. The van der Waals surface area contributed by atoms with E-state index in [1.165, 1.54) is 13.0 Å². The zero-order chi connectivity index (χ0) is 20.5. The summed E-state index contributed by atoms with van der Waals surface area (Å²) in [5, 5.41) is 11.8. The monoisotopic (exact) mass is 397 g/mol. The number of H-pyrrole nitrogens is 1. The minimum absolute atomic E-state index is 0.127. The van der Waals surface area contributed by atoms with Gasteiger partial charge in [-0.25, -0.2) is 9.78 Å². The molecule has 1 aliphatic rings. The number of hydrogen-bond acceptors (Lipinski definition) is 8. The van der Waals surface area contributed by atoms with Crippen molar-refractivity contribution in [1.82, 2.24) is 9.97 Å². The number of benzene rings is 2. The van der Waals surface area contributed by atoms with E-state index in [1.54, 1.807) is 24.3 Å². The zero-order valence-corrected chi connectivity index (χ0v) is 15.2. The molecule has 0 spiro atoms. The second-order valence-electron chi connectivity index (χ2n) is 6.29. The van der Waals surface area contributed by atoms with Gasteiger partial charge in [0, 0.05) is 6.07 Å². The van der Waals surface area contributed by atoms with Crippen molar-refractivity contribution in [2.45, 2.75) is 13.0 Å². The number of hydrogen-bond donors (Lipinski definition) is 1. The second kappa shape index (κ2) is 7.23. The van der Waals surface area contributed by atoms with E-state index in [0.717, 1.165) is 6.07 Å². The molecule has 0 radical (unpaired) electrons. The molecule has 10 nitrogen and oxygen atoms in total. The third-order valence-corrected chi connectivity index (χ3v) is 4.38. The van der Waals surface area contributed by atoms with Crippen LogP contribution in [0.1, 0.15) is 29.2 Å². The number of nitro groups is 1. The Morgan fingerprint density at radius 2 is 1.93 bits per heavy atom. The molecular weight excluding hydrogens is 382 g/mol. The molecule has 4 rings (SSSR count). The maximum Gasteiger partial charge on any atom is 0.346 e. The summed E-state index contributed by atoms with van der Waals surface area (Å²) in [5.74, 6) is -0.411. The van der Waals surface area contributed by atoms with Gasteiger partial charge in [-0.15, -0.1) is 0 Å². The maximum absolute atomic E-state index is 12.6. The Morgan fingerprint density at radius 3 is 2.66 bits per heavy atom. The number of ether oxygens (including phenoxy) is 3. The summed E-state index contributed by atoms with van der Waals surface area (Å²) in [6.45, 7) is 2.03. The third kappa shape index (κ3) is 3.47. The van der Waals surface area contributed by atoms with Gasteiger partial charge in [-0.3, -0.25) is 14.9 Å². The fourth-order valence-electron chi connectivity index (χ4n) is 2.97. The number of nitrogens with one attached hydrogen (secondary N) is 1. The molecule has 0 bridgehead atoms. The summed E-state index contributed by atoms with van der Waals surface area (Å²) in [4.78, 5) is 42.4. The lowest BCUT2D eigenvalue weighted by Gasteiger charge is -2.19. The van der Waals surface area contributed by atoms with Crippen LogP contribution >= 0.6 is 0 Å². The van der Waals surface area contributed by atoms with Crippen LogP contribution in [-0.2, 0) is 4.74 Å². The summed E-state index contributed by atoms with van der Waals surface area (Å²) in [5.41, 5.74) is -0.682. The van der Waals surface area contributed by atoms with Gasteiger partial charge in [0.2, 0.25) is 0 Å². The van der Waals surface area contributed by atoms with Crippen LogP contribution in [0.4, 0.5) is 5.69 Å². The molecule has 0 fully saturated rings. The van der Waals surface area contributed by atoms with E-state index < -0.39 is 22.7 Å². The average Bonchev–Trinajstić information content (AvgIpc) is 2.72. The largest absolute Gasteiger partial charge is 0.486 e. The molecule has 10 heteroatoms. The van der Waals surface area contributed by atoms with Crippen LogP contribution in [0.5, 0.6) is 11.5 Å². The molecule has 2 aromatic carbocycles. The summed E-state index contributed by atoms with van der Waals surface area (Å²) in [7, 11) is 0. The Labute approximate surface area is 163 Å². The van der Waals surface area contributed by atoms with Crippen molar-refractivity contribution >= 4 is 22.6 Å². The second-order valence-corrected chi connectivity index (χ2v) is 6.29. The molecule has 148 valence electrons. The quantitative estimate of drug-likeness (QED) is 0.403. The molecule has 2 heterocycles. The van der Waals surface area contributed by atoms with E-state index in [9.17, 15) is 19.7 Å². The highest BCUT2D eigenvalue weighted by atomic mass is 16.6. The van der Waals surface area contributed by atoms with Crippen molar-refractivity contribution < 1.29 is 23.9 Å². The van der Waals surface area contributed by atoms with Crippen LogP contribution in [0.25, 0.3) is 10.9 Å². The lowest BCUT2D eigenvalue weighted by molar-refractivity contribution is -0.385. The SMILES string of the molecule is C[C@H](OC(=O)c1cc2c(cc1[N+](=O)[O-])OCCO2)c1nc2ccccc2c(=O)[nH]1. The van der Waals surface area contributed by atoms with Crippen molar-refractivity contribution in [2.75, 3.05) is 13.2 Å². The van der Waals surface area contributed by atoms with Crippen molar-refractivity contribution in [3.63, 3.8) is 0 Å². The predicted octanol–water partition coefficient (Wildman–Crippen LogP) is 2.52. The standard InChI is InChI=1S/C19H15N3O7/c1-10(17-20-13-5-3-2-4-11(13)18(23)21-17)29-19(24)12-8-15-16(28-7-6-27-15)9-14(12)22(25)26/h2-5,8-10H,6-7H2,1H3,(H,20,21,23)/t10-/m0/s1. The number of nitrogens with zero attached hydrogens (tertiary/aromatic N) is 2. The number of carbonyl (C=O) groups is 1. The van der Waals surface area contributed by atoms with Crippen molar-refractivity contribution in [1.29, 1.82) is 0 Å². The van der Waals surface area contributed by atoms with Gasteiger partial charge in [-0.1, -0.05) is 12.1 Å². The molecule has 0 unspecified atom stereocenters. The molecule has 3 aromatic rings. The summed E-state index contributed by atoms with van der Waals surface area (Å²) >= 11 is 0. The van der Waals surface area contributed by atoms with Gasteiger partial charge in [-0.05, 0) is 19.1 Å². The smallest absolute Gasteiger partial charge is 0.346 e. The minimum Gasteiger partial charge on any atom is -0.486 e. The molecule has 1 aliphatic heterocycles. The zero-order valence-electron chi connectivity index (χ0n) is 15.2. The average molecular weight is 397 g/mol. The van der Waals surface area contributed by atoms with E-state index in [2.05, 4.69) is 9.97 Å². The Balaban J connectivity index is 1.66. The number of aromatic amines is 1. The van der Waals surface area contributed by atoms with Gasteiger partial charge >= 0.3 is 5.97 Å². The normalized spacial score (nSPS) is 13.7. The first kappa shape index (κ1) is 18.4. The fourth-order valence-corrected chi connectivity index (χ4v) is 2.97. The Kier molecular flexibility index (Phi) is 4.59. The lowest BCUT2D eigenvalue weighted by atomic mass is 10.1. The van der Waals surface area contributed by atoms with E-state index in [-0.39, 0.29) is 41.7 Å². The number of fused-ring (bicyclic) bond motifs is 2. The molecule has 29 heavy (non-hydrogen) atoms. The highest BCUT2D eigenvalue weighted by Crippen LogP contribution is 2.37. The van der Waals surface area contributed by atoms with Crippen LogP contribution in [-0.4, -0.2) is 34.1 Å². The lowest BCUT2D eigenvalue weighted by Crippen LogP contribution is -2.19. The Bertz CT molecular complexity index is 1190. The fraction of sp³-hybridized carbons (Fsp3) is 0.211. The van der Waals surface area contributed by atoms with Crippen LogP contribution < -0.4 is 15.0 Å². The maximum atomic E-state index is 12.6. The molecular formula is C19H15N3O7. The first-order chi connectivity index (χ1) is 13.9. The molecule has 1 N–H and O–H groups in total. The summed E-state index contributed by atoms with van der Waals surface area (Å²) in [6.07, 6.45) is -0.951. The van der Waals surface area contributed by atoms with Gasteiger partial charge in [0.25, 0.3) is 11.2 Å². The number of carbonyl (C=O) groups excluding carboxylic acids is 1.